The third-order valence-corrected chi connectivity index (χ3v) is 6.52. The Morgan fingerprint density at radius 1 is 1.08 bits per heavy atom. The molecule has 0 atom stereocenters. The Balaban J connectivity index is 1.32. The highest BCUT2D eigenvalue weighted by molar-refractivity contribution is 8.27. The number of carbonyl (C=O) groups excluding carboxylic acids is 2. The third kappa shape index (κ3) is 5.46. The second-order valence-electron chi connectivity index (χ2n) is 7.92. The van der Waals surface area contributed by atoms with Gasteiger partial charge in [0.05, 0.1) is 18.2 Å². The van der Waals surface area contributed by atoms with Crippen molar-refractivity contribution >= 4 is 57.4 Å². The van der Waals surface area contributed by atoms with Crippen molar-refractivity contribution in [1.82, 2.24) is 5.01 Å². The Labute approximate surface area is 226 Å². The molecule has 0 fully saturated rings. The molecule has 1 amide bonds. The number of hydrogen-bond acceptors (Lipinski definition) is 8. The summed E-state index contributed by atoms with van der Waals surface area (Å²) in [6.45, 7) is 0.179. The first-order chi connectivity index (χ1) is 18.4. The maximum Gasteiger partial charge on any atom is 0.343 e. The number of nitrogens with one attached hydrogen (secondary N) is 1. The Morgan fingerprint density at radius 3 is 2.58 bits per heavy atom. The van der Waals surface area contributed by atoms with Crippen molar-refractivity contribution in [2.24, 2.45) is 10.1 Å². The second kappa shape index (κ2) is 10.9. The molecule has 38 heavy (non-hydrogen) atoms. The number of para-hydroxylation sites is 1. The van der Waals surface area contributed by atoms with Gasteiger partial charge in [0.15, 0.2) is 17.3 Å². The number of nitrogens with zero attached hydrogens (tertiary/aromatic N) is 3. The quantitative estimate of drug-likeness (QED) is 0.244. The van der Waals surface area contributed by atoms with E-state index in [-0.39, 0.29) is 29.5 Å². The van der Waals surface area contributed by atoms with Crippen LogP contribution in [0.25, 0.3) is 6.08 Å². The maximum absolute atomic E-state index is 12.8. The average molecular weight is 547 g/mol. The van der Waals surface area contributed by atoms with Crippen molar-refractivity contribution in [1.29, 1.82) is 5.41 Å². The summed E-state index contributed by atoms with van der Waals surface area (Å²) >= 11 is 7.05. The maximum atomic E-state index is 12.8. The largest absolute Gasteiger partial charge is 0.493 e. The molecule has 2 heterocycles. The van der Waals surface area contributed by atoms with Gasteiger partial charge in [0, 0.05) is 5.02 Å². The summed E-state index contributed by atoms with van der Waals surface area (Å²) < 4.78 is 16.6. The normalized spacial score (nSPS) is 15.6. The van der Waals surface area contributed by atoms with E-state index in [1.165, 1.54) is 30.0 Å². The van der Waals surface area contributed by atoms with Crippen LogP contribution in [0.5, 0.6) is 17.2 Å². The fraction of sp³-hybridized carbons (Fsp3) is 0.0741. The van der Waals surface area contributed by atoms with Crippen LogP contribution >= 0.6 is 23.4 Å². The van der Waals surface area contributed by atoms with Gasteiger partial charge < -0.3 is 14.2 Å². The van der Waals surface area contributed by atoms with E-state index in [9.17, 15) is 9.59 Å². The SMILES string of the molecule is COc1cc(C=C2C(=N)N3N=C(COc4ccccc4)SC3=NC2=O)ccc1OC(=O)c1ccc(Cl)cc1. The molecule has 0 spiro atoms. The lowest BCUT2D eigenvalue weighted by Gasteiger charge is -2.20. The monoisotopic (exact) mass is 546 g/mol. The number of hydrazone groups is 1. The fourth-order valence-corrected chi connectivity index (χ4v) is 4.45. The zero-order valence-corrected chi connectivity index (χ0v) is 21.5. The number of esters is 1. The van der Waals surface area contributed by atoms with E-state index in [0.29, 0.717) is 32.1 Å². The first-order valence-electron chi connectivity index (χ1n) is 11.2. The first kappa shape index (κ1) is 25.2. The third-order valence-electron chi connectivity index (χ3n) is 5.38. The van der Waals surface area contributed by atoms with E-state index >= 15 is 0 Å². The molecule has 0 saturated heterocycles. The predicted octanol–water partition coefficient (Wildman–Crippen LogP) is 5.27. The zero-order valence-electron chi connectivity index (χ0n) is 19.9. The number of aliphatic imine (C=N–C) groups is 1. The van der Waals surface area contributed by atoms with E-state index in [1.807, 2.05) is 30.3 Å². The highest BCUT2D eigenvalue weighted by atomic mass is 35.5. The molecule has 5 rings (SSSR count). The van der Waals surface area contributed by atoms with E-state index in [2.05, 4.69) is 10.1 Å². The average Bonchev–Trinajstić information content (AvgIpc) is 3.34. The summed E-state index contributed by atoms with van der Waals surface area (Å²) in [4.78, 5) is 29.3. The van der Waals surface area contributed by atoms with Crippen molar-refractivity contribution in [3.63, 3.8) is 0 Å². The Morgan fingerprint density at radius 2 is 1.84 bits per heavy atom. The van der Waals surface area contributed by atoms with Gasteiger partial charge >= 0.3 is 5.97 Å². The molecular weight excluding hydrogens is 528 g/mol. The number of amides is 1. The molecule has 0 aliphatic carbocycles. The van der Waals surface area contributed by atoms with Crippen LogP contribution in [-0.2, 0) is 4.79 Å². The molecular formula is C27H19ClN4O5S. The second-order valence-corrected chi connectivity index (χ2v) is 9.40. The van der Waals surface area contributed by atoms with Gasteiger partial charge in [-0.1, -0.05) is 35.9 Å². The van der Waals surface area contributed by atoms with Crippen molar-refractivity contribution in [2.75, 3.05) is 13.7 Å². The van der Waals surface area contributed by atoms with Crippen LogP contribution in [0, 0.1) is 5.41 Å². The van der Waals surface area contributed by atoms with E-state index in [4.69, 9.17) is 31.2 Å². The molecule has 1 N–H and O–H groups in total. The molecule has 2 aliphatic heterocycles. The molecule has 9 nitrogen and oxygen atoms in total. The highest BCUT2D eigenvalue weighted by Gasteiger charge is 2.35. The number of thioether (sulfide) groups is 1. The Hall–Kier alpha value is -4.41. The van der Waals surface area contributed by atoms with Gasteiger partial charge in [-0.15, -0.1) is 0 Å². The highest BCUT2D eigenvalue weighted by Crippen LogP contribution is 2.32. The van der Waals surface area contributed by atoms with Crippen molar-refractivity contribution in [2.45, 2.75) is 0 Å². The standard InChI is InChI=1S/C27H19ClN4O5S/c1-35-22-14-16(7-12-21(22)37-26(34)17-8-10-18(28)11-9-17)13-20-24(29)32-27(30-25(20)33)38-23(31-32)15-36-19-5-3-2-4-6-19/h2-14,29H,15H2,1H3. The van der Waals surface area contributed by atoms with Gasteiger partial charge in [-0.05, 0) is 71.9 Å². The van der Waals surface area contributed by atoms with Crippen LogP contribution in [0.15, 0.2) is 88.5 Å². The lowest BCUT2D eigenvalue weighted by Crippen LogP contribution is -2.35. The minimum absolute atomic E-state index is 0.0521. The number of fused-ring (bicyclic) bond motifs is 1. The summed E-state index contributed by atoms with van der Waals surface area (Å²) in [6.07, 6.45) is 1.51. The van der Waals surface area contributed by atoms with Gasteiger partial charge in [0.2, 0.25) is 5.17 Å². The van der Waals surface area contributed by atoms with Crippen LogP contribution in [-0.4, -0.2) is 46.6 Å². The van der Waals surface area contributed by atoms with Crippen molar-refractivity contribution < 1.29 is 23.8 Å². The molecule has 0 saturated carbocycles. The fourth-order valence-electron chi connectivity index (χ4n) is 3.52. The zero-order chi connectivity index (χ0) is 26.6. The predicted molar refractivity (Wildman–Crippen MR) is 146 cm³/mol. The molecule has 190 valence electrons. The summed E-state index contributed by atoms with van der Waals surface area (Å²) in [5.74, 6) is -0.0932. The van der Waals surface area contributed by atoms with Gasteiger partial charge in [0.25, 0.3) is 5.91 Å². The van der Waals surface area contributed by atoms with Crippen molar-refractivity contribution in [3.05, 3.63) is 94.5 Å². The molecule has 11 heteroatoms. The van der Waals surface area contributed by atoms with E-state index in [1.54, 1.807) is 42.5 Å². The Bertz CT molecular complexity index is 1520. The molecule has 0 unspecified atom stereocenters. The van der Waals surface area contributed by atoms with Crippen LogP contribution < -0.4 is 14.2 Å². The number of methoxy groups -OCH3 is 1. The number of hydrogen-bond donors (Lipinski definition) is 1. The molecule has 3 aromatic carbocycles. The van der Waals surface area contributed by atoms with Crippen LogP contribution in [0.2, 0.25) is 5.02 Å². The van der Waals surface area contributed by atoms with Crippen LogP contribution in [0.4, 0.5) is 0 Å². The minimum atomic E-state index is -0.575. The molecule has 3 aromatic rings. The molecule has 0 radical (unpaired) electrons. The van der Waals surface area contributed by atoms with Crippen molar-refractivity contribution in [3.8, 4) is 17.2 Å². The van der Waals surface area contributed by atoms with Gasteiger partial charge in [-0.2, -0.15) is 15.1 Å². The minimum Gasteiger partial charge on any atom is -0.493 e. The lowest BCUT2D eigenvalue weighted by molar-refractivity contribution is -0.114. The smallest absolute Gasteiger partial charge is 0.343 e. The number of benzene rings is 3. The Kier molecular flexibility index (Phi) is 7.25. The van der Waals surface area contributed by atoms with E-state index < -0.39 is 11.9 Å². The molecule has 2 aliphatic rings. The summed E-state index contributed by atoms with van der Waals surface area (Å²) in [6, 6.07) is 20.4. The summed E-state index contributed by atoms with van der Waals surface area (Å²) in [5.41, 5.74) is 0.926. The lowest BCUT2D eigenvalue weighted by atomic mass is 10.1. The number of carbonyl (C=O) groups is 2. The molecule has 0 bridgehead atoms. The van der Waals surface area contributed by atoms with Gasteiger partial charge in [0.1, 0.15) is 17.4 Å². The molecule has 0 aromatic heterocycles. The van der Waals surface area contributed by atoms with Gasteiger partial charge in [-0.3, -0.25) is 10.2 Å². The number of ether oxygens (including phenoxy) is 3. The topological polar surface area (TPSA) is 114 Å². The van der Waals surface area contributed by atoms with E-state index in [0.717, 1.165) is 0 Å². The number of halogens is 1. The summed E-state index contributed by atoms with van der Waals surface area (Å²) in [5, 5.41) is 15.6. The first-order valence-corrected chi connectivity index (χ1v) is 12.4. The number of rotatable bonds is 7. The number of amidine groups is 2. The van der Waals surface area contributed by atoms with Gasteiger partial charge in [-0.25, -0.2) is 4.79 Å². The van der Waals surface area contributed by atoms with Crippen LogP contribution in [0.3, 0.4) is 0 Å². The summed E-state index contributed by atoms with van der Waals surface area (Å²) in [7, 11) is 1.44. The van der Waals surface area contributed by atoms with Crippen LogP contribution in [0.1, 0.15) is 15.9 Å².